The molecule has 3 atom stereocenters. The van der Waals surface area contributed by atoms with Crippen LogP contribution < -0.4 is 0 Å². The summed E-state index contributed by atoms with van der Waals surface area (Å²) in [6.07, 6.45) is 7.64. The van der Waals surface area contributed by atoms with Crippen molar-refractivity contribution < 1.29 is 14.7 Å². The van der Waals surface area contributed by atoms with Crippen LogP contribution in [-0.2, 0) is 29.0 Å². The minimum atomic E-state index is -0.816. The van der Waals surface area contributed by atoms with Crippen molar-refractivity contribution in [2.45, 2.75) is 84.3 Å². The van der Waals surface area contributed by atoms with E-state index in [4.69, 9.17) is 0 Å². The van der Waals surface area contributed by atoms with Gasteiger partial charge in [-0.15, -0.1) is 0 Å². The highest BCUT2D eigenvalue weighted by Crippen LogP contribution is 2.30. The van der Waals surface area contributed by atoms with Gasteiger partial charge < -0.3 is 14.8 Å². The van der Waals surface area contributed by atoms with E-state index in [-0.39, 0.29) is 17.6 Å². The van der Waals surface area contributed by atoms with Crippen molar-refractivity contribution in [2.24, 2.45) is 11.8 Å². The average molecular weight is 464 g/mol. The molecule has 1 heterocycles. The number of carbonyl (C=O) groups is 2. The van der Waals surface area contributed by atoms with Crippen LogP contribution in [0.3, 0.4) is 0 Å². The summed E-state index contributed by atoms with van der Waals surface area (Å²) in [6, 6.07) is 18.5. The van der Waals surface area contributed by atoms with Gasteiger partial charge in [0.15, 0.2) is 0 Å². The van der Waals surface area contributed by atoms with Crippen molar-refractivity contribution in [2.75, 3.05) is 6.54 Å². The number of aliphatic hydroxyl groups excluding tert-OH is 1. The van der Waals surface area contributed by atoms with Gasteiger partial charge in [0.25, 0.3) is 0 Å². The van der Waals surface area contributed by atoms with Crippen LogP contribution in [0.1, 0.15) is 75.5 Å². The van der Waals surface area contributed by atoms with Gasteiger partial charge in [0, 0.05) is 19.5 Å². The second-order valence-electron chi connectivity index (χ2n) is 9.99. The molecule has 4 heteroatoms. The molecule has 1 N–H and O–H groups in total. The Balaban J connectivity index is 1.68. The Morgan fingerprint density at radius 2 is 1.76 bits per heavy atom. The van der Waals surface area contributed by atoms with Gasteiger partial charge >= 0.3 is 0 Å². The third-order valence-corrected chi connectivity index (χ3v) is 7.04. The van der Waals surface area contributed by atoms with Gasteiger partial charge in [0.05, 0.1) is 12.0 Å². The highest BCUT2D eigenvalue weighted by Gasteiger charge is 2.38. The lowest BCUT2D eigenvalue weighted by Crippen LogP contribution is -2.47. The number of amides is 1. The maximum Gasteiger partial charge on any atom is 0.228 e. The Morgan fingerprint density at radius 1 is 1.03 bits per heavy atom. The van der Waals surface area contributed by atoms with E-state index in [9.17, 15) is 14.7 Å². The fourth-order valence-electron chi connectivity index (χ4n) is 5.23. The first-order valence-electron chi connectivity index (χ1n) is 13.1. The zero-order chi connectivity index (χ0) is 24.3. The number of rotatable bonds is 13. The minimum absolute atomic E-state index is 0.0147. The first-order valence-corrected chi connectivity index (χ1v) is 13.1. The summed E-state index contributed by atoms with van der Waals surface area (Å²) in [5.41, 5.74) is 3.55. The first-order chi connectivity index (χ1) is 16.5. The van der Waals surface area contributed by atoms with E-state index in [1.165, 1.54) is 31.2 Å². The van der Waals surface area contributed by atoms with Crippen LogP contribution in [0.5, 0.6) is 0 Å². The van der Waals surface area contributed by atoms with Crippen LogP contribution in [0.4, 0.5) is 0 Å². The molecule has 3 rings (SSSR count). The number of carbonyl (C=O) groups excluding carboxylic acids is 2. The summed E-state index contributed by atoms with van der Waals surface area (Å²) in [5, 5.41) is 11.4. The molecule has 4 nitrogen and oxygen atoms in total. The lowest BCUT2D eigenvalue weighted by atomic mass is 9.79. The Labute approximate surface area is 205 Å². The topological polar surface area (TPSA) is 57.6 Å². The lowest BCUT2D eigenvalue weighted by Gasteiger charge is -2.37. The molecule has 0 radical (unpaired) electrons. The molecule has 34 heavy (non-hydrogen) atoms. The van der Waals surface area contributed by atoms with Crippen LogP contribution in [-0.4, -0.2) is 34.3 Å². The molecular weight excluding hydrogens is 422 g/mol. The number of hydrogen-bond acceptors (Lipinski definition) is 3. The number of unbranched alkanes of at least 4 members (excludes halogenated alkanes) is 3. The predicted molar refractivity (Wildman–Crippen MR) is 137 cm³/mol. The molecule has 1 fully saturated rings. The monoisotopic (exact) mass is 463 g/mol. The van der Waals surface area contributed by atoms with Gasteiger partial charge in [-0.05, 0) is 61.6 Å². The van der Waals surface area contributed by atoms with Crippen molar-refractivity contribution in [3.05, 3.63) is 71.3 Å². The van der Waals surface area contributed by atoms with Crippen molar-refractivity contribution in [1.29, 1.82) is 0 Å². The molecule has 2 aromatic carbocycles. The summed E-state index contributed by atoms with van der Waals surface area (Å²) in [5.74, 6) is -0.623. The van der Waals surface area contributed by atoms with E-state index in [0.717, 1.165) is 24.0 Å². The molecule has 0 aliphatic carbocycles. The third kappa shape index (κ3) is 7.80. The quantitative estimate of drug-likeness (QED) is 0.385. The van der Waals surface area contributed by atoms with Gasteiger partial charge in [-0.25, -0.2) is 0 Å². The zero-order valence-electron chi connectivity index (χ0n) is 20.9. The molecule has 0 spiro atoms. The van der Waals surface area contributed by atoms with E-state index < -0.39 is 12.0 Å². The molecule has 0 saturated carbocycles. The van der Waals surface area contributed by atoms with E-state index in [1.807, 2.05) is 35.2 Å². The van der Waals surface area contributed by atoms with Crippen molar-refractivity contribution in [3.63, 3.8) is 0 Å². The Kier molecular flexibility index (Phi) is 10.3. The van der Waals surface area contributed by atoms with Crippen LogP contribution in [0, 0.1) is 11.8 Å². The number of Topliss-reactive ketones (excluding diaryl/α,β-unsaturated/α-hetero) is 1. The zero-order valence-corrected chi connectivity index (χ0v) is 20.9. The normalized spacial score (nSPS) is 18.0. The number of likely N-dealkylation sites (tertiary alicyclic amines) is 1. The van der Waals surface area contributed by atoms with E-state index in [2.05, 4.69) is 31.2 Å². The molecule has 1 aliphatic rings. The minimum Gasteiger partial charge on any atom is -0.392 e. The van der Waals surface area contributed by atoms with Crippen LogP contribution >= 0.6 is 0 Å². The van der Waals surface area contributed by atoms with Crippen LogP contribution in [0.15, 0.2) is 54.6 Å². The standard InChI is InChI=1S/C30H41NO3/c1-3-4-5-7-12-24-15-10-16-26(20-24)21-27(19-23(2)32)29(33)28-17-11-18-31(30(28)34)22-25-13-8-6-9-14-25/h6,8-10,13-16,20,27-29,33H,3-5,7,11-12,17-19,21-22H2,1-2H3/t27-,28-,29-/m0/s1. The smallest absolute Gasteiger partial charge is 0.228 e. The largest absolute Gasteiger partial charge is 0.392 e. The van der Waals surface area contributed by atoms with E-state index in [1.54, 1.807) is 6.92 Å². The average Bonchev–Trinajstić information content (AvgIpc) is 2.83. The van der Waals surface area contributed by atoms with Crippen molar-refractivity contribution in [3.8, 4) is 0 Å². The third-order valence-electron chi connectivity index (χ3n) is 7.04. The van der Waals surface area contributed by atoms with Gasteiger partial charge in [-0.1, -0.05) is 80.8 Å². The predicted octanol–water partition coefficient (Wildman–Crippen LogP) is 5.75. The first kappa shape index (κ1) is 26.2. The Bertz CT molecular complexity index is 910. The number of aryl methyl sites for hydroxylation is 1. The maximum atomic E-state index is 13.3. The summed E-state index contributed by atoms with van der Waals surface area (Å²) in [6.45, 7) is 5.09. The second-order valence-corrected chi connectivity index (χ2v) is 9.99. The Hall–Kier alpha value is -2.46. The fraction of sp³-hybridized carbons (Fsp3) is 0.533. The molecule has 1 amide bonds. The molecule has 0 bridgehead atoms. The molecule has 0 unspecified atom stereocenters. The number of piperidine rings is 1. The van der Waals surface area contributed by atoms with Gasteiger partial charge in [0.1, 0.15) is 5.78 Å². The van der Waals surface area contributed by atoms with E-state index in [0.29, 0.717) is 32.4 Å². The highest BCUT2D eigenvalue weighted by molar-refractivity contribution is 5.80. The maximum absolute atomic E-state index is 13.3. The van der Waals surface area contributed by atoms with Crippen molar-refractivity contribution in [1.82, 2.24) is 4.90 Å². The van der Waals surface area contributed by atoms with Crippen LogP contribution in [0.25, 0.3) is 0 Å². The Morgan fingerprint density at radius 3 is 2.50 bits per heavy atom. The summed E-state index contributed by atoms with van der Waals surface area (Å²) in [4.78, 5) is 27.3. The van der Waals surface area contributed by atoms with Gasteiger partial charge in [-0.2, -0.15) is 0 Å². The highest BCUT2D eigenvalue weighted by atomic mass is 16.3. The van der Waals surface area contributed by atoms with Crippen LogP contribution in [0.2, 0.25) is 0 Å². The van der Waals surface area contributed by atoms with Crippen molar-refractivity contribution >= 4 is 11.7 Å². The molecule has 2 aromatic rings. The summed E-state index contributed by atoms with van der Waals surface area (Å²) in [7, 11) is 0. The fourth-order valence-corrected chi connectivity index (χ4v) is 5.23. The summed E-state index contributed by atoms with van der Waals surface area (Å²) >= 11 is 0. The molecule has 1 aliphatic heterocycles. The number of hydrogen-bond donors (Lipinski definition) is 1. The number of nitrogens with zero attached hydrogens (tertiary/aromatic N) is 1. The summed E-state index contributed by atoms with van der Waals surface area (Å²) < 4.78 is 0. The molecule has 1 saturated heterocycles. The lowest BCUT2D eigenvalue weighted by molar-refractivity contribution is -0.146. The second kappa shape index (κ2) is 13.4. The number of aliphatic hydroxyl groups is 1. The SMILES string of the molecule is CCCCCCc1cccc(C[C@H](CC(C)=O)[C@H](O)[C@@H]2CCCN(Cc3ccccc3)C2=O)c1. The molecule has 184 valence electrons. The van der Waals surface area contributed by atoms with Gasteiger partial charge in [0.2, 0.25) is 5.91 Å². The van der Waals surface area contributed by atoms with Gasteiger partial charge in [-0.3, -0.25) is 4.79 Å². The molecular formula is C30H41NO3. The van der Waals surface area contributed by atoms with E-state index >= 15 is 0 Å². The molecule has 0 aromatic heterocycles. The number of ketones is 1. The number of benzene rings is 2.